The monoisotopic (exact) mass is 364 g/mol. The van der Waals surface area contributed by atoms with E-state index in [1.165, 1.54) is 0 Å². The van der Waals surface area contributed by atoms with Crippen molar-refractivity contribution in [2.24, 2.45) is 0 Å². The summed E-state index contributed by atoms with van der Waals surface area (Å²) in [6.07, 6.45) is 7.02. The van der Waals surface area contributed by atoms with Gasteiger partial charge in [-0.1, -0.05) is 97.1 Å². The normalized spacial score (nSPS) is 11.0. The predicted molar refractivity (Wildman–Crippen MR) is 113 cm³/mol. The Bertz CT molecular complexity index is 992. The van der Waals surface area contributed by atoms with Gasteiger partial charge in [-0.2, -0.15) is 0 Å². The molecule has 4 rings (SSSR count). The van der Waals surface area contributed by atoms with Gasteiger partial charge in [-0.3, -0.25) is 0 Å². The van der Waals surface area contributed by atoms with Crippen LogP contribution in [0.25, 0.3) is 12.2 Å². The summed E-state index contributed by atoms with van der Waals surface area (Å²) < 4.78 is 6.38. The fourth-order valence-electron chi connectivity index (χ4n) is 2.98. The van der Waals surface area contributed by atoms with Crippen molar-refractivity contribution in [1.29, 1.82) is 0 Å². The maximum absolute atomic E-state index is 6.38. The van der Waals surface area contributed by atoms with Gasteiger partial charge in [0.05, 0.1) is 0 Å². The molecule has 3 heteroatoms. The fraction of sp³-hybridized carbons (Fsp3) is 0.0400. The zero-order valence-corrected chi connectivity index (χ0v) is 15.3. The molecule has 0 fully saturated rings. The number of rotatable bonds is 6. The molecule has 0 amide bonds. The highest BCUT2D eigenvalue weighted by atomic mass is 16.5. The standard InChI is InChI=1S/C25H20N2O/c1-4-10-20(11-5-1)16-17-23-25(27-19-18-26-23)28-24(21-12-6-2-7-13-21)22-14-8-3-9-15-22/h1-19,24H/b17-16+. The topological polar surface area (TPSA) is 35.0 Å². The molecule has 3 nitrogen and oxygen atoms in total. The van der Waals surface area contributed by atoms with E-state index < -0.39 is 0 Å². The van der Waals surface area contributed by atoms with Gasteiger partial charge in [-0.15, -0.1) is 0 Å². The first-order chi connectivity index (χ1) is 13.9. The van der Waals surface area contributed by atoms with Crippen LogP contribution in [0, 0.1) is 0 Å². The lowest BCUT2D eigenvalue weighted by Crippen LogP contribution is -2.11. The summed E-state index contributed by atoms with van der Waals surface area (Å²) in [7, 11) is 0. The van der Waals surface area contributed by atoms with Crippen molar-refractivity contribution in [2.75, 3.05) is 0 Å². The minimum atomic E-state index is -0.261. The second-order valence-electron chi connectivity index (χ2n) is 6.31. The van der Waals surface area contributed by atoms with Crippen LogP contribution in [0.1, 0.15) is 28.5 Å². The van der Waals surface area contributed by atoms with Crippen molar-refractivity contribution in [3.05, 3.63) is 126 Å². The van der Waals surface area contributed by atoms with Crippen LogP contribution in [0.4, 0.5) is 0 Å². The van der Waals surface area contributed by atoms with Crippen LogP contribution in [0.2, 0.25) is 0 Å². The Balaban J connectivity index is 1.67. The summed E-state index contributed by atoms with van der Waals surface area (Å²) >= 11 is 0. The van der Waals surface area contributed by atoms with Crippen molar-refractivity contribution >= 4 is 12.2 Å². The van der Waals surface area contributed by atoms with E-state index in [1.807, 2.05) is 78.9 Å². The van der Waals surface area contributed by atoms with Crippen LogP contribution in [0.15, 0.2) is 103 Å². The summed E-state index contributed by atoms with van der Waals surface area (Å²) in [4.78, 5) is 8.91. The highest BCUT2D eigenvalue weighted by molar-refractivity contribution is 5.69. The number of hydrogen-bond donors (Lipinski definition) is 0. The first-order valence-electron chi connectivity index (χ1n) is 9.21. The van der Waals surface area contributed by atoms with Crippen molar-refractivity contribution in [1.82, 2.24) is 9.97 Å². The number of benzene rings is 3. The van der Waals surface area contributed by atoms with Gasteiger partial charge in [0.25, 0.3) is 0 Å². The summed E-state index contributed by atoms with van der Waals surface area (Å²) in [6, 6.07) is 30.4. The van der Waals surface area contributed by atoms with Gasteiger partial charge in [-0.25, -0.2) is 9.97 Å². The van der Waals surface area contributed by atoms with E-state index in [0.717, 1.165) is 16.7 Å². The zero-order valence-electron chi connectivity index (χ0n) is 15.3. The molecule has 0 saturated carbocycles. The third-order valence-electron chi connectivity index (χ3n) is 4.36. The van der Waals surface area contributed by atoms with E-state index in [1.54, 1.807) is 12.4 Å². The number of hydrogen-bond acceptors (Lipinski definition) is 3. The Morgan fingerprint density at radius 2 is 1.14 bits per heavy atom. The van der Waals surface area contributed by atoms with Gasteiger partial charge in [0, 0.05) is 12.4 Å². The molecule has 0 atom stereocenters. The van der Waals surface area contributed by atoms with Crippen molar-refractivity contribution in [3.63, 3.8) is 0 Å². The third kappa shape index (κ3) is 4.33. The number of ether oxygens (including phenoxy) is 1. The van der Waals surface area contributed by atoms with Crippen LogP contribution in [-0.4, -0.2) is 9.97 Å². The second kappa shape index (κ2) is 8.78. The Morgan fingerprint density at radius 1 is 0.607 bits per heavy atom. The second-order valence-corrected chi connectivity index (χ2v) is 6.31. The minimum Gasteiger partial charge on any atom is -0.463 e. The number of aromatic nitrogens is 2. The van der Waals surface area contributed by atoms with E-state index in [-0.39, 0.29) is 6.10 Å². The average Bonchev–Trinajstić information content (AvgIpc) is 2.78. The molecule has 1 aromatic heterocycles. The molecule has 0 bridgehead atoms. The maximum Gasteiger partial charge on any atom is 0.240 e. The molecule has 3 aromatic carbocycles. The zero-order chi connectivity index (χ0) is 19.0. The minimum absolute atomic E-state index is 0.261. The average molecular weight is 364 g/mol. The number of nitrogens with zero attached hydrogens (tertiary/aromatic N) is 2. The SMILES string of the molecule is C(=C\c1nccnc1OC(c1ccccc1)c1ccccc1)/c1ccccc1. The van der Waals surface area contributed by atoms with Crippen LogP contribution in [0.5, 0.6) is 5.88 Å². The van der Waals surface area contributed by atoms with E-state index in [0.29, 0.717) is 11.6 Å². The lowest BCUT2D eigenvalue weighted by molar-refractivity contribution is 0.235. The van der Waals surface area contributed by atoms with Crippen molar-refractivity contribution in [3.8, 4) is 5.88 Å². The van der Waals surface area contributed by atoms with Gasteiger partial charge in [0.1, 0.15) is 5.69 Å². The molecular formula is C25H20N2O. The van der Waals surface area contributed by atoms with Crippen molar-refractivity contribution < 1.29 is 4.74 Å². The van der Waals surface area contributed by atoms with Crippen LogP contribution in [0.3, 0.4) is 0 Å². The highest BCUT2D eigenvalue weighted by Crippen LogP contribution is 2.29. The first kappa shape index (κ1) is 17.7. The quantitative estimate of drug-likeness (QED) is 0.433. The van der Waals surface area contributed by atoms with Gasteiger partial charge < -0.3 is 4.74 Å². The Kier molecular flexibility index (Phi) is 5.54. The molecule has 0 aliphatic rings. The van der Waals surface area contributed by atoms with Gasteiger partial charge >= 0.3 is 0 Å². The summed E-state index contributed by atoms with van der Waals surface area (Å²) in [6.45, 7) is 0. The largest absolute Gasteiger partial charge is 0.463 e. The summed E-state index contributed by atoms with van der Waals surface area (Å²) in [5.74, 6) is 0.507. The van der Waals surface area contributed by atoms with Crippen LogP contribution < -0.4 is 4.74 Å². The third-order valence-corrected chi connectivity index (χ3v) is 4.36. The smallest absolute Gasteiger partial charge is 0.240 e. The first-order valence-corrected chi connectivity index (χ1v) is 9.21. The summed E-state index contributed by atoms with van der Waals surface area (Å²) in [5.41, 5.74) is 3.93. The molecular weight excluding hydrogens is 344 g/mol. The van der Waals surface area contributed by atoms with E-state index in [9.17, 15) is 0 Å². The van der Waals surface area contributed by atoms with Gasteiger partial charge in [-0.05, 0) is 22.8 Å². The molecule has 0 saturated heterocycles. The molecule has 136 valence electrons. The maximum atomic E-state index is 6.38. The molecule has 0 aliphatic heterocycles. The van der Waals surface area contributed by atoms with Crippen LogP contribution in [-0.2, 0) is 0 Å². The highest BCUT2D eigenvalue weighted by Gasteiger charge is 2.18. The van der Waals surface area contributed by atoms with E-state index in [2.05, 4.69) is 34.2 Å². The van der Waals surface area contributed by atoms with E-state index >= 15 is 0 Å². The molecule has 4 aromatic rings. The molecule has 0 aliphatic carbocycles. The summed E-state index contributed by atoms with van der Waals surface area (Å²) in [5, 5.41) is 0. The molecule has 0 spiro atoms. The van der Waals surface area contributed by atoms with Crippen molar-refractivity contribution in [2.45, 2.75) is 6.10 Å². The molecule has 0 radical (unpaired) electrons. The molecule has 28 heavy (non-hydrogen) atoms. The Morgan fingerprint density at radius 3 is 1.75 bits per heavy atom. The van der Waals surface area contributed by atoms with Gasteiger partial charge in [0.2, 0.25) is 5.88 Å². The predicted octanol–water partition coefficient (Wildman–Crippen LogP) is 5.82. The lowest BCUT2D eigenvalue weighted by atomic mass is 10.0. The Labute approximate surface area is 165 Å². The van der Waals surface area contributed by atoms with Crippen LogP contribution >= 0.6 is 0 Å². The van der Waals surface area contributed by atoms with E-state index in [4.69, 9.17) is 4.74 Å². The fourth-order valence-corrected chi connectivity index (χ4v) is 2.98. The molecule has 0 N–H and O–H groups in total. The van der Waals surface area contributed by atoms with Gasteiger partial charge in [0.15, 0.2) is 6.10 Å². The lowest BCUT2D eigenvalue weighted by Gasteiger charge is -2.20. The molecule has 1 heterocycles. The Hall–Kier alpha value is -3.72. The molecule has 0 unspecified atom stereocenters.